The maximum absolute atomic E-state index is 9.28. The minimum Gasteiger partial charge on any atom is -0.409 e. The first-order valence-electron chi connectivity index (χ1n) is 4.09. The van der Waals surface area contributed by atoms with Gasteiger partial charge in [-0.05, 0) is 19.4 Å². The summed E-state index contributed by atoms with van der Waals surface area (Å²) in [5, 5.41) is 20.5. The summed E-state index contributed by atoms with van der Waals surface area (Å²) < 4.78 is 0. The van der Waals surface area contributed by atoms with Crippen molar-refractivity contribution in [1.29, 1.82) is 0 Å². The molecule has 4 N–H and O–H groups in total. The van der Waals surface area contributed by atoms with E-state index in [4.69, 9.17) is 10.9 Å². The Bertz CT molecular complexity index is 172. The molecule has 1 heterocycles. The quantitative estimate of drug-likeness (QED) is 0.221. The van der Waals surface area contributed by atoms with Gasteiger partial charge in [-0.2, -0.15) is 0 Å². The smallest absolute Gasteiger partial charge is 0.153 e. The summed E-state index contributed by atoms with van der Waals surface area (Å²) in [4.78, 5) is 1.98. The van der Waals surface area contributed by atoms with Crippen molar-refractivity contribution in [3.8, 4) is 0 Å². The van der Waals surface area contributed by atoms with Crippen molar-refractivity contribution in [3.05, 3.63) is 0 Å². The van der Waals surface area contributed by atoms with Crippen molar-refractivity contribution in [2.24, 2.45) is 10.9 Å². The third kappa shape index (κ3) is 2.67. The van der Waals surface area contributed by atoms with Crippen LogP contribution in [-0.4, -0.2) is 46.8 Å². The van der Waals surface area contributed by atoms with Crippen LogP contribution < -0.4 is 5.73 Å². The van der Waals surface area contributed by atoms with Crippen LogP contribution in [0.15, 0.2) is 5.16 Å². The molecule has 12 heavy (non-hydrogen) atoms. The first-order chi connectivity index (χ1) is 5.72. The van der Waals surface area contributed by atoms with E-state index >= 15 is 0 Å². The second kappa shape index (κ2) is 4.27. The Labute approximate surface area is 71.5 Å². The Kier molecular flexibility index (Phi) is 3.31. The van der Waals surface area contributed by atoms with E-state index in [1.54, 1.807) is 0 Å². The monoisotopic (exact) mass is 173 g/mol. The Morgan fingerprint density at radius 3 is 3.00 bits per heavy atom. The number of hydrogen-bond acceptors (Lipinski definition) is 4. The average molecular weight is 173 g/mol. The number of nitrogens with two attached hydrogens (primary N) is 1. The largest absolute Gasteiger partial charge is 0.409 e. The summed E-state index contributed by atoms with van der Waals surface area (Å²) in [6.07, 6.45) is 1.57. The molecule has 1 aliphatic rings. The number of β-amino-alcohol motifs (C(OH)–C–C–N with tert-alkyl or cyclic N) is 1. The fourth-order valence-corrected chi connectivity index (χ4v) is 1.44. The van der Waals surface area contributed by atoms with Crippen LogP contribution in [0.3, 0.4) is 0 Å². The summed E-state index contributed by atoms with van der Waals surface area (Å²) in [6, 6.07) is 0. The van der Waals surface area contributed by atoms with E-state index in [0.717, 1.165) is 19.4 Å². The molecule has 0 unspecified atom stereocenters. The highest BCUT2D eigenvalue weighted by Crippen LogP contribution is 2.08. The van der Waals surface area contributed by atoms with E-state index in [1.807, 2.05) is 4.90 Å². The number of rotatable bonds is 2. The lowest BCUT2D eigenvalue weighted by molar-refractivity contribution is 0.0786. The first kappa shape index (κ1) is 9.28. The van der Waals surface area contributed by atoms with Crippen molar-refractivity contribution >= 4 is 5.84 Å². The molecule has 1 aliphatic heterocycles. The third-order valence-electron chi connectivity index (χ3n) is 1.99. The van der Waals surface area contributed by atoms with Gasteiger partial charge in [0, 0.05) is 6.54 Å². The molecule has 0 saturated carbocycles. The predicted octanol–water partition coefficient (Wildman–Crippen LogP) is -0.810. The fraction of sp³-hybridized carbons (Fsp3) is 0.857. The van der Waals surface area contributed by atoms with Gasteiger partial charge in [0.2, 0.25) is 0 Å². The van der Waals surface area contributed by atoms with Crippen LogP contribution in [0, 0.1) is 0 Å². The molecule has 70 valence electrons. The SMILES string of the molecule is N/C(CN1CCC[C@H](O)C1)=N\O. The van der Waals surface area contributed by atoms with Crippen LogP contribution >= 0.6 is 0 Å². The number of aliphatic hydroxyl groups excluding tert-OH is 1. The van der Waals surface area contributed by atoms with Crippen molar-refractivity contribution in [3.63, 3.8) is 0 Å². The maximum atomic E-state index is 9.28. The van der Waals surface area contributed by atoms with E-state index in [1.165, 1.54) is 0 Å². The minimum absolute atomic E-state index is 0.198. The molecule has 0 aliphatic carbocycles. The highest BCUT2D eigenvalue weighted by molar-refractivity contribution is 5.81. The van der Waals surface area contributed by atoms with Gasteiger partial charge < -0.3 is 16.0 Å². The van der Waals surface area contributed by atoms with Crippen LogP contribution in [0.5, 0.6) is 0 Å². The second-order valence-electron chi connectivity index (χ2n) is 3.12. The highest BCUT2D eigenvalue weighted by atomic mass is 16.4. The Morgan fingerprint density at radius 2 is 2.42 bits per heavy atom. The van der Waals surface area contributed by atoms with Crippen LogP contribution in [-0.2, 0) is 0 Å². The third-order valence-corrected chi connectivity index (χ3v) is 1.99. The summed E-state index contributed by atoms with van der Waals surface area (Å²) >= 11 is 0. The molecule has 1 rings (SSSR count). The molecular formula is C7H15N3O2. The predicted molar refractivity (Wildman–Crippen MR) is 45.1 cm³/mol. The number of nitrogens with zero attached hydrogens (tertiary/aromatic N) is 2. The van der Waals surface area contributed by atoms with Crippen molar-refractivity contribution in [2.45, 2.75) is 18.9 Å². The average Bonchev–Trinajstić information content (AvgIpc) is 2.04. The van der Waals surface area contributed by atoms with E-state index in [0.29, 0.717) is 13.1 Å². The number of amidine groups is 1. The Hall–Kier alpha value is -0.810. The topological polar surface area (TPSA) is 82.1 Å². The van der Waals surface area contributed by atoms with Gasteiger partial charge in [0.25, 0.3) is 0 Å². The van der Waals surface area contributed by atoms with Crippen LogP contribution in [0.1, 0.15) is 12.8 Å². The number of oxime groups is 1. The zero-order chi connectivity index (χ0) is 8.97. The van der Waals surface area contributed by atoms with Gasteiger partial charge in [0.15, 0.2) is 5.84 Å². The van der Waals surface area contributed by atoms with Crippen LogP contribution in [0.2, 0.25) is 0 Å². The summed E-state index contributed by atoms with van der Waals surface area (Å²) in [5.41, 5.74) is 5.33. The zero-order valence-electron chi connectivity index (χ0n) is 6.98. The number of hydrogen-bond donors (Lipinski definition) is 3. The number of piperidine rings is 1. The van der Waals surface area contributed by atoms with E-state index in [2.05, 4.69) is 5.16 Å². The van der Waals surface area contributed by atoms with E-state index in [9.17, 15) is 5.11 Å². The minimum atomic E-state index is -0.259. The molecule has 0 radical (unpaired) electrons. The van der Waals surface area contributed by atoms with Gasteiger partial charge in [-0.15, -0.1) is 0 Å². The van der Waals surface area contributed by atoms with Crippen molar-refractivity contribution < 1.29 is 10.3 Å². The molecule has 0 aromatic carbocycles. The van der Waals surface area contributed by atoms with E-state index in [-0.39, 0.29) is 11.9 Å². The standard InChI is InChI=1S/C7H15N3O2/c8-7(9-12)5-10-3-1-2-6(11)4-10/h6,11-12H,1-5H2,(H2,8,9)/t6-/m0/s1. The lowest BCUT2D eigenvalue weighted by atomic mass is 10.1. The zero-order valence-corrected chi connectivity index (χ0v) is 6.98. The summed E-state index contributed by atoms with van der Waals surface area (Å²) in [6.45, 7) is 1.97. The molecule has 0 spiro atoms. The summed E-state index contributed by atoms with van der Waals surface area (Å²) in [7, 11) is 0. The number of aliphatic hydroxyl groups is 1. The maximum Gasteiger partial charge on any atom is 0.153 e. The molecule has 1 atom stereocenters. The molecule has 5 heteroatoms. The lowest BCUT2D eigenvalue weighted by Crippen LogP contribution is -2.42. The lowest BCUT2D eigenvalue weighted by Gasteiger charge is -2.29. The van der Waals surface area contributed by atoms with E-state index < -0.39 is 0 Å². The fourth-order valence-electron chi connectivity index (χ4n) is 1.44. The van der Waals surface area contributed by atoms with Crippen molar-refractivity contribution in [2.75, 3.05) is 19.6 Å². The molecular weight excluding hydrogens is 158 g/mol. The normalized spacial score (nSPS) is 27.4. The molecule has 5 nitrogen and oxygen atoms in total. The Balaban J connectivity index is 2.32. The first-order valence-corrected chi connectivity index (χ1v) is 4.09. The molecule has 0 bridgehead atoms. The molecule has 1 fully saturated rings. The van der Waals surface area contributed by atoms with Gasteiger partial charge in [-0.1, -0.05) is 5.16 Å². The molecule has 0 amide bonds. The molecule has 0 aromatic heterocycles. The van der Waals surface area contributed by atoms with Crippen LogP contribution in [0.4, 0.5) is 0 Å². The van der Waals surface area contributed by atoms with Gasteiger partial charge in [-0.3, -0.25) is 4.90 Å². The van der Waals surface area contributed by atoms with Crippen molar-refractivity contribution in [1.82, 2.24) is 4.90 Å². The summed E-state index contributed by atoms with van der Waals surface area (Å²) in [5.74, 6) is 0.198. The van der Waals surface area contributed by atoms with Crippen LogP contribution in [0.25, 0.3) is 0 Å². The van der Waals surface area contributed by atoms with Gasteiger partial charge in [-0.25, -0.2) is 0 Å². The Morgan fingerprint density at radius 1 is 1.67 bits per heavy atom. The van der Waals surface area contributed by atoms with Gasteiger partial charge >= 0.3 is 0 Å². The number of likely N-dealkylation sites (tertiary alicyclic amines) is 1. The second-order valence-corrected chi connectivity index (χ2v) is 3.12. The highest BCUT2D eigenvalue weighted by Gasteiger charge is 2.17. The van der Waals surface area contributed by atoms with Gasteiger partial charge in [0.1, 0.15) is 0 Å². The molecule has 1 saturated heterocycles. The van der Waals surface area contributed by atoms with Gasteiger partial charge in [0.05, 0.1) is 12.6 Å². The molecule has 0 aromatic rings.